The second-order valence-electron chi connectivity index (χ2n) is 1.79. The highest BCUT2D eigenvalue weighted by Gasteiger charge is 1.89. The van der Waals surface area contributed by atoms with Gasteiger partial charge in [0.15, 0.2) is 0 Å². The molecular formula is C6H14ClN. The van der Waals surface area contributed by atoms with E-state index < -0.39 is 0 Å². The molecule has 1 nitrogen and oxygen atoms in total. The van der Waals surface area contributed by atoms with Crippen LogP contribution >= 0.6 is 12.4 Å². The van der Waals surface area contributed by atoms with Crippen molar-refractivity contribution < 1.29 is 0 Å². The monoisotopic (exact) mass is 135 g/mol. The molecule has 0 bridgehead atoms. The molecule has 0 aromatic rings. The minimum Gasteiger partial charge on any atom is -0.330 e. The van der Waals surface area contributed by atoms with Crippen LogP contribution in [0.5, 0.6) is 0 Å². The van der Waals surface area contributed by atoms with Crippen molar-refractivity contribution in [3.05, 3.63) is 12.7 Å². The van der Waals surface area contributed by atoms with Gasteiger partial charge < -0.3 is 5.73 Å². The predicted molar refractivity (Wildman–Crippen MR) is 40.3 cm³/mol. The largest absolute Gasteiger partial charge is 0.330 e. The third-order valence-corrected chi connectivity index (χ3v) is 1.02. The molecule has 0 aromatic carbocycles. The van der Waals surface area contributed by atoms with Crippen molar-refractivity contribution >= 4 is 12.4 Å². The fraction of sp³-hybridized carbons (Fsp3) is 0.667. The average Bonchev–Trinajstić information content (AvgIpc) is 1.68. The number of nitrogens with two attached hydrogens (primary N) is 1. The zero-order chi connectivity index (χ0) is 5.70. The third kappa shape index (κ3) is 5.99. The molecule has 0 aromatic heterocycles. The van der Waals surface area contributed by atoms with Crippen molar-refractivity contribution in [3.63, 3.8) is 0 Å². The van der Waals surface area contributed by atoms with Gasteiger partial charge in [-0.15, -0.1) is 19.0 Å². The minimum atomic E-state index is 0. The topological polar surface area (TPSA) is 26.0 Å². The lowest BCUT2D eigenvalue weighted by molar-refractivity contribution is 0.660. The molecule has 0 saturated carbocycles. The molecule has 1 unspecified atom stereocenters. The van der Waals surface area contributed by atoms with Crippen LogP contribution in [0, 0.1) is 5.92 Å². The molecule has 1 atom stereocenters. The van der Waals surface area contributed by atoms with Gasteiger partial charge in [-0.1, -0.05) is 13.0 Å². The van der Waals surface area contributed by atoms with Crippen molar-refractivity contribution in [2.45, 2.75) is 13.3 Å². The SMILES string of the molecule is C=CC(C)CCN.Cl. The molecule has 8 heavy (non-hydrogen) atoms. The molecule has 0 saturated heterocycles. The molecule has 0 amide bonds. The summed E-state index contributed by atoms with van der Waals surface area (Å²) in [6.45, 7) is 6.51. The van der Waals surface area contributed by atoms with E-state index in [4.69, 9.17) is 5.73 Å². The van der Waals surface area contributed by atoms with Gasteiger partial charge in [0, 0.05) is 0 Å². The van der Waals surface area contributed by atoms with Crippen LogP contribution < -0.4 is 5.73 Å². The Labute approximate surface area is 57.4 Å². The van der Waals surface area contributed by atoms with E-state index in [1.54, 1.807) is 0 Å². The zero-order valence-corrected chi connectivity index (χ0v) is 6.08. The molecule has 0 rings (SSSR count). The fourth-order valence-electron chi connectivity index (χ4n) is 0.381. The lowest BCUT2D eigenvalue weighted by Crippen LogP contribution is -2.02. The third-order valence-electron chi connectivity index (χ3n) is 1.02. The Bertz CT molecular complexity index is 54.5. The van der Waals surface area contributed by atoms with Gasteiger partial charge in [-0.3, -0.25) is 0 Å². The Hall–Kier alpha value is -0.0100. The first-order valence-corrected chi connectivity index (χ1v) is 2.64. The second kappa shape index (κ2) is 6.99. The Morgan fingerprint density at radius 2 is 2.25 bits per heavy atom. The van der Waals surface area contributed by atoms with E-state index >= 15 is 0 Å². The lowest BCUT2D eigenvalue weighted by atomic mass is 10.1. The fourth-order valence-corrected chi connectivity index (χ4v) is 0.381. The van der Waals surface area contributed by atoms with E-state index in [1.165, 1.54) is 0 Å². The van der Waals surface area contributed by atoms with E-state index in [9.17, 15) is 0 Å². The molecule has 0 aliphatic rings. The van der Waals surface area contributed by atoms with Crippen LogP contribution in [0.3, 0.4) is 0 Å². The summed E-state index contributed by atoms with van der Waals surface area (Å²) in [6, 6.07) is 0. The maximum absolute atomic E-state index is 5.26. The number of hydrogen-bond donors (Lipinski definition) is 1. The summed E-state index contributed by atoms with van der Waals surface area (Å²) in [5.41, 5.74) is 5.26. The van der Waals surface area contributed by atoms with Crippen LogP contribution in [0.2, 0.25) is 0 Å². The lowest BCUT2D eigenvalue weighted by Gasteiger charge is -1.98. The zero-order valence-electron chi connectivity index (χ0n) is 5.26. The molecule has 0 radical (unpaired) electrons. The summed E-state index contributed by atoms with van der Waals surface area (Å²) in [7, 11) is 0. The van der Waals surface area contributed by atoms with Crippen LogP contribution in [0.25, 0.3) is 0 Å². The van der Waals surface area contributed by atoms with Crippen molar-refractivity contribution in [2.75, 3.05) is 6.54 Å². The Morgan fingerprint density at radius 1 is 1.75 bits per heavy atom. The van der Waals surface area contributed by atoms with Crippen LogP contribution in [-0.2, 0) is 0 Å². The summed E-state index contributed by atoms with van der Waals surface area (Å²) < 4.78 is 0. The quantitative estimate of drug-likeness (QED) is 0.585. The van der Waals surface area contributed by atoms with Crippen LogP contribution in [0.4, 0.5) is 0 Å². The van der Waals surface area contributed by atoms with Gasteiger partial charge >= 0.3 is 0 Å². The van der Waals surface area contributed by atoms with Crippen LogP contribution in [-0.4, -0.2) is 6.54 Å². The normalized spacial score (nSPS) is 11.8. The summed E-state index contributed by atoms with van der Waals surface area (Å²) in [5.74, 6) is 0.588. The van der Waals surface area contributed by atoms with E-state index in [2.05, 4.69) is 13.5 Å². The molecule has 0 spiro atoms. The highest BCUT2D eigenvalue weighted by Crippen LogP contribution is 1.98. The molecule has 2 heteroatoms. The van der Waals surface area contributed by atoms with Crippen molar-refractivity contribution in [2.24, 2.45) is 11.7 Å². The first-order chi connectivity index (χ1) is 3.31. The van der Waals surface area contributed by atoms with Gasteiger partial charge in [0.25, 0.3) is 0 Å². The Balaban J connectivity index is 0. The van der Waals surface area contributed by atoms with Gasteiger partial charge in [0.1, 0.15) is 0 Å². The predicted octanol–water partition coefficient (Wildman–Crippen LogP) is 1.58. The number of rotatable bonds is 3. The molecule has 0 aliphatic heterocycles. The maximum Gasteiger partial charge on any atom is -0.00718 e. The highest BCUT2D eigenvalue weighted by atomic mass is 35.5. The van der Waals surface area contributed by atoms with E-state index in [-0.39, 0.29) is 12.4 Å². The Morgan fingerprint density at radius 3 is 2.38 bits per heavy atom. The van der Waals surface area contributed by atoms with Gasteiger partial charge in [0.05, 0.1) is 0 Å². The second-order valence-corrected chi connectivity index (χ2v) is 1.79. The standard InChI is InChI=1S/C6H13N.ClH/c1-3-6(2)4-5-7;/h3,6H,1,4-5,7H2,2H3;1H. The summed E-state index contributed by atoms with van der Waals surface area (Å²) in [5, 5.41) is 0. The van der Waals surface area contributed by atoms with Gasteiger partial charge in [-0.25, -0.2) is 0 Å². The van der Waals surface area contributed by atoms with Gasteiger partial charge in [0.2, 0.25) is 0 Å². The molecular weight excluding hydrogens is 122 g/mol. The van der Waals surface area contributed by atoms with Crippen LogP contribution in [0.1, 0.15) is 13.3 Å². The van der Waals surface area contributed by atoms with Crippen LogP contribution in [0.15, 0.2) is 12.7 Å². The number of halogens is 1. The smallest absolute Gasteiger partial charge is 0.00718 e. The van der Waals surface area contributed by atoms with E-state index in [1.807, 2.05) is 6.08 Å². The first kappa shape index (κ1) is 10.9. The van der Waals surface area contributed by atoms with Gasteiger partial charge in [-0.2, -0.15) is 0 Å². The first-order valence-electron chi connectivity index (χ1n) is 2.64. The molecule has 0 fully saturated rings. The summed E-state index contributed by atoms with van der Waals surface area (Å²) in [4.78, 5) is 0. The average molecular weight is 136 g/mol. The van der Waals surface area contributed by atoms with Crippen molar-refractivity contribution in [1.82, 2.24) is 0 Å². The maximum atomic E-state index is 5.26. The highest BCUT2D eigenvalue weighted by molar-refractivity contribution is 5.85. The van der Waals surface area contributed by atoms with Crippen molar-refractivity contribution in [1.29, 1.82) is 0 Å². The summed E-state index contributed by atoms with van der Waals surface area (Å²) >= 11 is 0. The Kier molecular flexibility index (Phi) is 9.51. The van der Waals surface area contributed by atoms with Crippen molar-refractivity contribution in [3.8, 4) is 0 Å². The van der Waals surface area contributed by atoms with Gasteiger partial charge in [-0.05, 0) is 18.9 Å². The number of hydrogen-bond acceptors (Lipinski definition) is 1. The number of allylic oxidation sites excluding steroid dienone is 1. The molecule has 0 heterocycles. The molecule has 2 N–H and O–H groups in total. The minimum absolute atomic E-state index is 0. The molecule has 0 aliphatic carbocycles. The van der Waals surface area contributed by atoms with E-state index in [0.717, 1.165) is 13.0 Å². The van der Waals surface area contributed by atoms with E-state index in [0.29, 0.717) is 5.92 Å². The molecule has 50 valence electrons. The summed E-state index contributed by atoms with van der Waals surface area (Å²) in [6.07, 6.45) is 2.98.